The van der Waals surface area contributed by atoms with Crippen LogP contribution in [0.15, 0.2) is 109 Å². The molecule has 0 aromatic rings. The Hall–Kier alpha value is -3.93. The Morgan fingerprint density at radius 2 is 0.548 bits per heavy atom. The molecule has 0 aromatic heterocycles. The standard InChI is InChI=1S/C67H112O6/c1-4-7-10-13-16-19-22-25-28-31-32-33-34-37-39-42-45-48-51-54-57-60-66(69)72-63-64(73-67(70)61-58-55-52-49-46-43-40-36-30-27-24-21-18-15-12-9-6-3)62-71-65(68)59-56-53-50-47-44-41-38-35-29-26-23-20-17-14-11-8-5-2/h8,11,17-18,20-21,25-30,38,40-41,43,47,50,64H,4-7,9-10,12-16,19,22-24,31-37,39,42,44-46,48-49,51-63H2,1-3H3/b11-8-,20-17-,21-18-,28-25-,29-26-,30-27-,41-38-,43-40-,50-47-. The van der Waals surface area contributed by atoms with Crippen LogP contribution in [0.25, 0.3) is 0 Å². The van der Waals surface area contributed by atoms with E-state index in [0.717, 1.165) is 103 Å². The first-order valence-corrected chi connectivity index (χ1v) is 30.4. The van der Waals surface area contributed by atoms with Crippen LogP contribution in [0.3, 0.4) is 0 Å². The van der Waals surface area contributed by atoms with E-state index in [1.165, 1.54) is 128 Å². The SMILES string of the molecule is CC/C=C\C/C=C\C/C=C\C/C=C\C/C=C\CCCC(=O)OCC(COC(=O)CCCCCCCCCCCCC/C=C\CCCCCCCC)OC(=O)CCCCCC/C=C\C/C=C\C/C=C\CCCCC. The largest absolute Gasteiger partial charge is 0.462 e. The third-order valence-electron chi connectivity index (χ3n) is 12.7. The highest BCUT2D eigenvalue weighted by Gasteiger charge is 2.19. The third kappa shape index (κ3) is 58.8. The number of allylic oxidation sites excluding steroid dienone is 18. The molecule has 0 saturated heterocycles. The van der Waals surface area contributed by atoms with Gasteiger partial charge in [-0.2, -0.15) is 0 Å². The summed E-state index contributed by atoms with van der Waals surface area (Å²) in [5.41, 5.74) is 0. The van der Waals surface area contributed by atoms with Crippen LogP contribution in [0.4, 0.5) is 0 Å². The number of rotatable bonds is 54. The molecule has 416 valence electrons. The normalized spacial score (nSPS) is 12.9. The quantitative estimate of drug-likeness (QED) is 0.0261. The van der Waals surface area contributed by atoms with Crippen molar-refractivity contribution in [2.45, 2.75) is 284 Å². The lowest BCUT2D eigenvalue weighted by Gasteiger charge is -2.18. The van der Waals surface area contributed by atoms with Crippen LogP contribution in [0, 0.1) is 0 Å². The lowest BCUT2D eigenvalue weighted by atomic mass is 10.0. The molecule has 0 aliphatic rings. The van der Waals surface area contributed by atoms with Gasteiger partial charge < -0.3 is 14.2 Å². The van der Waals surface area contributed by atoms with Gasteiger partial charge in [-0.1, -0.05) is 246 Å². The van der Waals surface area contributed by atoms with Crippen molar-refractivity contribution in [1.82, 2.24) is 0 Å². The van der Waals surface area contributed by atoms with Gasteiger partial charge in [0.2, 0.25) is 0 Å². The zero-order valence-electron chi connectivity index (χ0n) is 47.6. The maximum Gasteiger partial charge on any atom is 0.306 e. The summed E-state index contributed by atoms with van der Waals surface area (Å²) in [7, 11) is 0. The van der Waals surface area contributed by atoms with E-state index in [4.69, 9.17) is 14.2 Å². The minimum Gasteiger partial charge on any atom is -0.462 e. The van der Waals surface area contributed by atoms with Gasteiger partial charge in [-0.15, -0.1) is 0 Å². The lowest BCUT2D eigenvalue weighted by molar-refractivity contribution is -0.167. The summed E-state index contributed by atoms with van der Waals surface area (Å²) >= 11 is 0. The van der Waals surface area contributed by atoms with Crippen molar-refractivity contribution in [2.24, 2.45) is 0 Å². The van der Waals surface area contributed by atoms with E-state index < -0.39 is 6.10 Å². The fraction of sp³-hybridized carbons (Fsp3) is 0.687. The summed E-state index contributed by atoms with van der Waals surface area (Å²) in [6.07, 6.45) is 82.3. The highest BCUT2D eigenvalue weighted by atomic mass is 16.6. The Kier molecular flexibility index (Phi) is 57.4. The highest BCUT2D eigenvalue weighted by Crippen LogP contribution is 2.15. The minimum atomic E-state index is -0.816. The molecule has 0 aliphatic heterocycles. The zero-order valence-corrected chi connectivity index (χ0v) is 47.6. The molecule has 1 unspecified atom stereocenters. The molecule has 0 radical (unpaired) electrons. The van der Waals surface area contributed by atoms with E-state index in [1.807, 2.05) is 0 Å². The highest BCUT2D eigenvalue weighted by molar-refractivity contribution is 5.71. The molecule has 0 saturated carbocycles. The minimum absolute atomic E-state index is 0.106. The second-order valence-electron chi connectivity index (χ2n) is 19.9. The van der Waals surface area contributed by atoms with Gasteiger partial charge in [0, 0.05) is 19.3 Å². The van der Waals surface area contributed by atoms with E-state index in [0.29, 0.717) is 12.8 Å². The summed E-state index contributed by atoms with van der Waals surface area (Å²) in [6, 6.07) is 0. The fourth-order valence-electron chi connectivity index (χ4n) is 8.19. The lowest BCUT2D eigenvalue weighted by Crippen LogP contribution is -2.30. The number of hydrogen-bond acceptors (Lipinski definition) is 6. The third-order valence-corrected chi connectivity index (χ3v) is 12.7. The van der Waals surface area contributed by atoms with Crippen LogP contribution in [0.1, 0.15) is 278 Å². The predicted octanol–water partition coefficient (Wildman–Crippen LogP) is 20.7. The second-order valence-corrected chi connectivity index (χ2v) is 19.9. The number of hydrogen-bond donors (Lipinski definition) is 0. The van der Waals surface area contributed by atoms with Gasteiger partial charge in [0.15, 0.2) is 6.10 Å². The van der Waals surface area contributed by atoms with Crippen LogP contribution in [0.2, 0.25) is 0 Å². The summed E-state index contributed by atoms with van der Waals surface area (Å²) in [6.45, 7) is 6.44. The number of esters is 3. The van der Waals surface area contributed by atoms with Crippen molar-refractivity contribution < 1.29 is 28.6 Å². The van der Waals surface area contributed by atoms with E-state index in [9.17, 15) is 14.4 Å². The molecular formula is C67H112O6. The van der Waals surface area contributed by atoms with Crippen molar-refractivity contribution in [3.63, 3.8) is 0 Å². The molecule has 6 heteroatoms. The van der Waals surface area contributed by atoms with Crippen LogP contribution < -0.4 is 0 Å². The van der Waals surface area contributed by atoms with E-state index in [2.05, 4.69) is 130 Å². The van der Waals surface area contributed by atoms with Gasteiger partial charge in [0.25, 0.3) is 0 Å². The molecule has 0 aromatic carbocycles. The number of unbranched alkanes of at least 4 members (excludes halogenated alkanes) is 25. The van der Waals surface area contributed by atoms with Crippen molar-refractivity contribution >= 4 is 17.9 Å². The number of carbonyl (C=O) groups is 3. The van der Waals surface area contributed by atoms with Gasteiger partial charge in [0.05, 0.1) is 0 Å². The molecule has 0 spiro atoms. The summed E-state index contributed by atoms with van der Waals surface area (Å²) in [4.78, 5) is 38.2. The topological polar surface area (TPSA) is 78.9 Å². The first-order valence-electron chi connectivity index (χ1n) is 30.4. The monoisotopic (exact) mass is 1010 g/mol. The van der Waals surface area contributed by atoms with Gasteiger partial charge in [-0.05, 0) is 122 Å². The van der Waals surface area contributed by atoms with Crippen molar-refractivity contribution in [3.8, 4) is 0 Å². The molecule has 0 heterocycles. The molecule has 0 fully saturated rings. The Balaban J connectivity index is 4.48. The van der Waals surface area contributed by atoms with Gasteiger partial charge in [-0.25, -0.2) is 0 Å². The molecule has 6 nitrogen and oxygen atoms in total. The molecule has 0 amide bonds. The van der Waals surface area contributed by atoms with Gasteiger partial charge in [0.1, 0.15) is 13.2 Å². The van der Waals surface area contributed by atoms with E-state index >= 15 is 0 Å². The summed E-state index contributed by atoms with van der Waals surface area (Å²) in [5.74, 6) is -0.986. The molecule has 0 bridgehead atoms. The Morgan fingerprint density at radius 3 is 0.932 bits per heavy atom. The molecular weight excluding hydrogens is 901 g/mol. The Labute approximate surface area is 450 Å². The molecule has 1 atom stereocenters. The summed E-state index contributed by atoms with van der Waals surface area (Å²) < 4.78 is 16.8. The van der Waals surface area contributed by atoms with Crippen LogP contribution >= 0.6 is 0 Å². The Morgan fingerprint density at radius 1 is 0.288 bits per heavy atom. The summed E-state index contributed by atoms with van der Waals surface area (Å²) in [5, 5.41) is 0. The molecule has 0 N–H and O–H groups in total. The van der Waals surface area contributed by atoms with Gasteiger partial charge >= 0.3 is 17.9 Å². The smallest absolute Gasteiger partial charge is 0.306 e. The van der Waals surface area contributed by atoms with Crippen molar-refractivity contribution in [1.29, 1.82) is 0 Å². The average molecular weight is 1010 g/mol. The molecule has 0 aliphatic carbocycles. The van der Waals surface area contributed by atoms with E-state index in [1.54, 1.807) is 0 Å². The van der Waals surface area contributed by atoms with Gasteiger partial charge in [-0.3, -0.25) is 14.4 Å². The second kappa shape index (κ2) is 60.6. The first-order chi connectivity index (χ1) is 36.0. The number of ether oxygens (including phenoxy) is 3. The van der Waals surface area contributed by atoms with Crippen LogP contribution in [-0.2, 0) is 28.6 Å². The Bertz CT molecular complexity index is 1490. The molecule has 73 heavy (non-hydrogen) atoms. The fourth-order valence-corrected chi connectivity index (χ4v) is 8.19. The zero-order chi connectivity index (χ0) is 52.9. The van der Waals surface area contributed by atoms with Crippen molar-refractivity contribution in [3.05, 3.63) is 109 Å². The van der Waals surface area contributed by atoms with Crippen LogP contribution in [-0.4, -0.2) is 37.2 Å². The predicted molar refractivity (Wildman–Crippen MR) is 316 cm³/mol. The molecule has 0 rings (SSSR count). The number of carbonyl (C=O) groups excluding carboxylic acids is 3. The van der Waals surface area contributed by atoms with Crippen LogP contribution in [0.5, 0.6) is 0 Å². The first kappa shape index (κ1) is 69.1. The maximum atomic E-state index is 12.9. The van der Waals surface area contributed by atoms with Crippen molar-refractivity contribution in [2.75, 3.05) is 13.2 Å². The van der Waals surface area contributed by atoms with E-state index in [-0.39, 0.29) is 44.0 Å². The maximum absolute atomic E-state index is 12.9. The average Bonchev–Trinajstić information content (AvgIpc) is 3.39.